The van der Waals surface area contributed by atoms with E-state index in [4.69, 9.17) is 4.74 Å². The van der Waals surface area contributed by atoms with Crippen LogP contribution in [0.2, 0.25) is 0 Å². The zero-order valence-electron chi connectivity index (χ0n) is 6.96. The molecule has 0 unspecified atom stereocenters. The van der Waals surface area contributed by atoms with E-state index in [1.54, 1.807) is 6.92 Å². The van der Waals surface area contributed by atoms with Gasteiger partial charge in [-0.1, -0.05) is 13.0 Å². The van der Waals surface area contributed by atoms with Crippen LogP contribution in [0.3, 0.4) is 0 Å². The average molecular weight is 174 g/mol. The monoisotopic (exact) mass is 174 g/mol. The Morgan fingerprint density at radius 2 is 2.27 bits per heavy atom. The van der Waals surface area contributed by atoms with Crippen LogP contribution in [-0.2, 0) is 9.53 Å². The summed E-state index contributed by atoms with van der Waals surface area (Å²) >= 11 is 3.92. The van der Waals surface area contributed by atoms with Gasteiger partial charge in [0.1, 0.15) is 6.61 Å². The molecule has 0 heterocycles. The third-order valence-corrected chi connectivity index (χ3v) is 1.34. The predicted molar refractivity (Wildman–Crippen MR) is 48.9 cm³/mol. The van der Waals surface area contributed by atoms with Crippen LogP contribution >= 0.6 is 12.6 Å². The number of hydrogen-bond acceptors (Lipinski definition) is 3. The highest BCUT2D eigenvalue weighted by atomic mass is 32.1. The van der Waals surface area contributed by atoms with Gasteiger partial charge in [-0.2, -0.15) is 12.6 Å². The molecule has 0 aliphatic heterocycles. The molecule has 11 heavy (non-hydrogen) atoms. The van der Waals surface area contributed by atoms with E-state index in [0.29, 0.717) is 17.9 Å². The molecule has 0 saturated carbocycles. The molecule has 0 bridgehead atoms. The maximum atomic E-state index is 11.0. The first-order valence-corrected chi connectivity index (χ1v) is 4.30. The summed E-state index contributed by atoms with van der Waals surface area (Å²) in [5.74, 6) is 0.339. The van der Waals surface area contributed by atoms with Gasteiger partial charge in [-0.25, -0.2) is 4.79 Å². The quantitative estimate of drug-likeness (QED) is 0.400. The molecule has 0 aromatic rings. The zero-order valence-corrected chi connectivity index (χ0v) is 7.86. The van der Waals surface area contributed by atoms with Crippen LogP contribution in [0.25, 0.3) is 0 Å². The van der Waals surface area contributed by atoms with Gasteiger partial charge >= 0.3 is 5.97 Å². The Labute approximate surface area is 73.0 Å². The van der Waals surface area contributed by atoms with Crippen molar-refractivity contribution in [1.29, 1.82) is 0 Å². The molecule has 0 N–H and O–H groups in total. The molecule has 0 saturated heterocycles. The molecule has 0 fully saturated rings. The first kappa shape index (κ1) is 10.6. The molecule has 0 amide bonds. The van der Waals surface area contributed by atoms with Crippen LogP contribution in [0, 0.1) is 0 Å². The van der Waals surface area contributed by atoms with Crippen molar-refractivity contribution in [3.8, 4) is 0 Å². The minimum Gasteiger partial charge on any atom is -0.461 e. The molecule has 3 heteroatoms. The molecule has 0 atom stereocenters. The third kappa shape index (κ3) is 4.90. The lowest BCUT2D eigenvalue weighted by atomic mass is 10.2. The molecular formula is C8H14O2S. The van der Waals surface area contributed by atoms with Gasteiger partial charge in [-0.3, -0.25) is 0 Å². The minimum atomic E-state index is -0.235. The topological polar surface area (TPSA) is 26.3 Å². The molecule has 2 nitrogen and oxygen atoms in total. The summed E-state index contributed by atoms with van der Waals surface area (Å²) in [7, 11) is 0. The van der Waals surface area contributed by atoms with Crippen LogP contribution < -0.4 is 0 Å². The van der Waals surface area contributed by atoms with E-state index in [1.807, 2.05) is 13.0 Å². The van der Waals surface area contributed by atoms with Crippen molar-refractivity contribution >= 4 is 18.6 Å². The molecule has 0 radical (unpaired) electrons. The van der Waals surface area contributed by atoms with Crippen molar-refractivity contribution in [2.24, 2.45) is 0 Å². The molecular weight excluding hydrogens is 160 g/mol. The lowest BCUT2D eigenvalue weighted by Gasteiger charge is -2.01. The Balaban J connectivity index is 3.73. The van der Waals surface area contributed by atoms with Crippen LogP contribution in [0.4, 0.5) is 0 Å². The van der Waals surface area contributed by atoms with Crippen LogP contribution in [0.5, 0.6) is 0 Å². The van der Waals surface area contributed by atoms with Crippen LogP contribution in [0.15, 0.2) is 11.6 Å². The average Bonchev–Trinajstić information content (AvgIpc) is 2.00. The van der Waals surface area contributed by atoms with Gasteiger partial charge in [0, 0.05) is 11.3 Å². The minimum absolute atomic E-state index is 0.235. The maximum absolute atomic E-state index is 11.0. The van der Waals surface area contributed by atoms with E-state index >= 15 is 0 Å². The summed E-state index contributed by atoms with van der Waals surface area (Å²) in [4.78, 5) is 11.0. The summed E-state index contributed by atoms with van der Waals surface area (Å²) in [5, 5.41) is 0. The van der Waals surface area contributed by atoms with Crippen molar-refractivity contribution < 1.29 is 9.53 Å². The van der Waals surface area contributed by atoms with E-state index in [0.717, 1.165) is 6.42 Å². The largest absolute Gasteiger partial charge is 0.461 e. The highest BCUT2D eigenvalue weighted by Crippen LogP contribution is 1.98. The summed E-state index contributed by atoms with van der Waals surface area (Å²) in [6.07, 6.45) is 2.71. The van der Waals surface area contributed by atoms with Gasteiger partial charge in [-0.15, -0.1) is 0 Å². The Hall–Kier alpha value is -0.440. The Morgan fingerprint density at radius 1 is 1.64 bits per heavy atom. The lowest BCUT2D eigenvalue weighted by molar-refractivity contribution is -0.138. The molecule has 0 spiro atoms. The third-order valence-electron chi connectivity index (χ3n) is 1.16. The number of carbonyl (C=O) groups is 1. The highest BCUT2D eigenvalue weighted by molar-refractivity contribution is 7.80. The van der Waals surface area contributed by atoms with Gasteiger partial charge in [0.2, 0.25) is 0 Å². The van der Waals surface area contributed by atoms with Gasteiger partial charge in [0.15, 0.2) is 0 Å². The van der Waals surface area contributed by atoms with E-state index in [2.05, 4.69) is 12.6 Å². The second-order valence-electron chi connectivity index (χ2n) is 2.15. The highest BCUT2D eigenvalue weighted by Gasteiger charge is 2.02. The number of hydrogen-bond donors (Lipinski definition) is 1. The first-order chi connectivity index (χ1) is 5.22. The van der Waals surface area contributed by atoms with E-state index in [9.17, 15) is 4.79 Å². The number of allylic oxidation sites excluding steroid dienone is 1. The van der Waals surface area contributed by atoms with Crippen molar-refractivity contribution in [1.82, 2.24) is 0 Å². The maximum Gasteiger partial charge on any atom is 0.333 e. The van der Waals surface area contributed by atoms with Crippen LogP contribution in [0.1, 0.15) is 20.3 Å². The molecule has 0 aliphatic rings. The summed E-state index contributed by atoms with van der Waals surface area (Å²) < 4.78 is 4.82. The fourth-order valence-corrected chi connectivity index (χ4v) is 0.733. The van der Waals surface area contributed by atoms with Gasteiger partial charge < -0.3 is 4.74 Å². The number of carbonyl (C=O) groups excluding carboxylic acids is 1. The van der Waals surface area contributed by atoms with Gasteiger partial charge in [-0.05, 0) is 13.3 Å². The van der Waals surface area contributed by atoms with Crippen molar-refractivity contribution in [3.63, 3.8) is 0 Å². The van der Waals surface area contributed by atoms with E-state index in [-0.39, 0.29) is 5.97 Å². The van der Waals surface area contributed by atoms with Crippen molar-refractivity contribution in [3.05, 3.63) is 11.6 Å². The van der Waals surface area contributed by atoms with Gasteiger partial charge in [0.25, 0.3) is 0 Å². The summed E-state index contributed by atoms with van der Waals surface area (Å²) in [5.41, 5.74) is 0.675. The second kappa shape index (κ2) is 6.28. The second-order valence-corrected chi connectivity index (χ2v) is 2.60. The summed E-state index contributed by atoms with van der Waals surface area (Å²) in [6, 6.07) is 0. The number of esters is 1. The molecule has 64 valence electrons. The standard InChI is InChI=1S/C8H14O2S/c1-3-4-7(2)8(9)10-5-6-11/h4,11H,3,5-6H2,1-2H3. The molecule has 0 aromatic carbocycles. The van der Waals surface area contributed by atoms with E-state index < -0.39 is 0 Å². The molecule has 0 aliphatic carbocycles. The predicted octanol–water partition coefficient (Wildman–Crippen LogP) is 1.82. The SMILES string of the molecule is CCC=C(C)C(=O)OCCS. The molecule has 0 aromatic heterocycles. The normalized spacial score (nSPS) is 11.4. The number of thiol groups is 1. The lowest BCUT2D eigenvalue weighted by Crippen LogP contribution is -2.07. The molecule has 0 rings (SSSR count). The Kier molecular flexibility index (Phi) is 6.03. The number of rotatable bonds is 4. The smallest absolute Gasteiger partial charge is 0.333 e. The van der Waals surface area contributed by atoms with Crippen molar-refractivity contribution in [2.75, 3.05) is 12.4 Å². The first-order valence-electron chi connectivity index (χ1n) is 3.67. The van der Waals surface area contributed by atoms with Crippen molar-refractivity contribution in [2.45, 2.75) is 20.3 Å². The summed E-state index contributed by atoms with van der Waals surface area (Å²) in [6.45, 7) is 4.12. The Morgan fingerprint density at radius 3 is 2.73 bits per heavy atom. The van der Waals surface area contributed by atoms with E-state index in [1.165, 1.54) is 0 Å². The Bertz CT molecular complexity index is 152. The van der Waals surface area contributed by atoms with Crippen LogP contribution in [-0.4, -0.2) is 18.3 Å². The number of ether oxygens (including phenoxy) is 1. The fourth-order valence-electron chi connectivity index (χ4n) is 0.642. The zero-order chi connectivity index (χ0) is 8.69. The fraction of sp³-hybridized carbons (Fsp3) is 0.625. The van der Waals surface area contributed by atoms with Gasteiger partial charge in [0.05, 0.1) is 0 Å².